The van der Waals surface area contributed by atoms with Crippen LogP contribution in [0.4, 0.5) is 5.69 Å². The minimum Gasteiger partial charge on any atom is -0.452 e. The smallest absolute Gasteiger partial charge is 0.339 e. The Balaban J connectivity index is 1.71. The lowest BCUT2D eigenvalue weighted by Crippen LogP contribution is -2.21. The van der Waals surface area contributed by atoms with Gasteiger partial charge < -0.3 is 10.1 Å². The summed E-state index contributed by atoms with van der Waals surface area (Å²) < 4.78 is 5.18. The van der Waals surface area contributed by atoms with Crippen molar-refractivity contribution in [2.45, 2.75) is 13.8 Å². The van der Waals surface area contributed by atoms with E-state index in [0.717, 1.165) is 5.56 Å². The highest BCUT2D eigenvalue weighted by atomic mass is 35.5. The van der Waals surface area contributed by atoms with Crippen LogP contribution in [0.3, 0.4) is 0 Å². The van der Waals surface area contributed by atoms with Gasteiger partial charge >= 0.3 is 5.97 Å². The number of hydrogen-bond donors (Lipinski definition) is 1. The van der Waals surface area contributed by atoms with E-state index in [9.17, 15) is 9.59 Å². The Kier molecular flexibility index (Phi) is 5.57. The second-order valence-electron chi connectivity index (χ2n) is 6.26. The molecule has 1 aromatic heterocycles. The molecule has 0 spiro atoms. The van der Waals surface area contributed by atoms with Crippen LogP contribution < -0.4 is 5.32 Å². The summed E-state index contributed by atoms with van der Waals surface area (Å²) in [5.41, 5.74) is 3.43. The first-order valence-corrected chi connectivity index (χ1v) is 8.80. The van der Waals surface area contributed by atoms with Gasteiger partial charge in [-0.2, -0.15) is 5.26 Å². The third-order valence-electron chi connectivity index (χ3n) is 4.02. The number of nitrogens with one attached hydrogen (secondary N) is 1. The van der Waals surface area contributed by atoms with Crippen LogP contribution >= 0.6 is 11.6 Å². The van der Waals surface area contributed by atoms with Gasteiger partial charge in [0, 0.05) is 16.8 Å². The topological polar surface area (TPSA) is 92.1 Å². The second-order valence-corrected chi connectivity index (χ2v) is 6.67. The zero-order chi connectivity index (χ0) is 20.3. The van der Waals surface area contributed by atoms with E-state index in [2.05, 4.69) is 10.3 Å². The molecule has 0 radical (unpaired) electrons. The Morgan fingerprint density at radius 2 is 1.96 bits per heavy atom. The maximum Gasteiger partial charge on any atom is 0.339 e. The van der Waals surface area contributed by atoms with Crippen LogP contribution in [0.2, 0.25) is 5.02 Å². The molecule has 2 aromatic carbocycles. The Morgan fingerprint density at radius 3 is 2.68 bits per heavy atom. The molecule has 140 valence electrons. The maximum absolute atomic E-state index is 12.5. The van der Waals surface area contributed by atoms with Crippen LogP contribution in [0.25, 0.3) is 10.9 Å². The van der Waals surface area contributed by atoms with Crippen molar-refractivity contribution in [2.24, 2.45) is 0 Å². The SMILES string of the molecule is Cc1ccc2nc(C)cc(C(=O)OCC(=O)Nc3ccc(C#N)c(Cl)c3)c2c1. The van der Waals surface area contributed by atoms with Crippen molar-refractivity contribution in [1.82, 2.24) is 4.98 Å². The number of amides is 1. The van der Waals surface area contributed by atoms with Crippen LogP contribution in [-0.4, -0.2) is 23.5 Å². The van der Waals surface area contributed by atoms with Gasteiger partial charge in [-0.1, -0.05) is 23.2 Å². The van der Waals surface area contributed by atoms with E-state index >= 15 is 0 Å². The number of anilines is 1. The number of halogens is 1. The van der Waals surface area contributed by atoms with E-state index in [1.54, 1.807) is 19.1 Å². The number of benzene rings is 2. The zero-order valence-corrected chi connectivity index (χ0v) is 16.0. The summed E-state index contributed by atoms with van der Waals surface area (Å²) in [6.07, 6.45) is 0. The minimum atomic E-state index is -0.603. The van der Waals surface area contributed by atoms with Gasteiger partial charge in [-0.15, -0.1) is 0 Å². The van der Waals surface area contributed by atoms with Gasteiger partial charge in [0.15, 0.2) is 6.61 Å². The van der Waals surface area contributed by atoms with Gasteiger partial charge in [0.25, 0.3) is 5.91 Å². The molecule has 6 nitrogen and oxygen atoms in total. The normalized spacial score (nSPS) is 10.4. The number of ether oxygens (including phenoxy) is 1. The first kappa shape index (κ1) is 19.3. The molecule has 0 atom stereocenters. The van der Waals surface area contributed by atoms with Crippen molar-refractivity contribution in [1.29, 1.82) is 5.26 Å². The number of nitriles is 1. The number of fused-ring (bicyclic) bond motifs is 1. The van der Waals surface area contributed by atoms with Gasteiger partial charge in [0.2, 0.25) is 0 Å². The average Bonchev–Trinajstić information content (AvgIpc) is 2.66. The summed E-state index contributed by atoms with van der Waals surface area (Å²) >= 11 is 5.94. The molecule has 28 heavy (non-hydrogen) atoms. The molecule has 0 saturated carbocycles. The fourth-order valence-electron chi connectivity index (χ4n) is 2.73. The molecule has 0 saturated heterocycles. The molecule has 1 heterocycles. The van der Waals surface area contributed by atoms with Crippen LogP contribution in [0.5, 0.6) is 0 Å². The Labute approximate surface area is 166 Å². The molecule has 0 aliphatic heterocycles. The predicted octanol–water partition coefficient (Wildman–Crippen LogP) is 4.17. The van der Waals surface area contributed by atoms with Gasteiger partial charge in [-0.05, 0) is 50.2 Å². The molecule has 0 aliphatic rings. The largest absolute Gasteiger partial charge is 0.452 e. The maximum atomic E-state index is 12.5. The quantitative estimate of drug-likeness (QED) is 0.671. The standard InChI is InChI=1S/C21H16ClN3O3/c1-12-3-6-19-16(7-12)17(8-13(2)24-19)21(27)28-11-20(26)25-15-5-4-14(10-23)18(22)9-15/h3-9H,11H2,1-2H3,(H,25,26). The molecule has 3 aromatic rings. The second kappa shape index (κ2) is 8.07. The Morgan fingerprint density at radius 1 is 1.18 bits per heavy atom. The lowest BCUT2D eigenvalue weighted by Gasteiger charge is -2.10. The number of aromatic nitrogens is 1. The van der Waals surface area contributed by atoms with E-state index < -0.39 is 18.5 Å². The number of carbonyl (C=O) groups excluding carboxylic acids is 2. The predicted molar refractivity (Wildman–Crippen MR) is 106 cm³/mol. The van der Waals surface area contributed by atoms with Crippen LogP contribution in [0, 0.1) is 25.2 Å². The lowest BCUT2D eigenvalue weighted by atomic mass is 10.1. The molecule has 0 bridgehead atoms. The van der Waals surface area contributed by atoms with Crippen LogP contribution in [0.15, 0.2) is 42.5 Å². The average molecular weight is 394 g/mol. The highest BCUT2D eigenvalue weighted by molar-refractivity contribution is 6.32. The monoisotopic (exact) mass is 393 g/mol. The molecule has 1 amide bonds. The van der Waals surface area contributed by atoms with Gasteiger partial charge in [-0.25, -0.2) is 4.79 Å². The highest BCUT2D eigenvalue weighted by Crippen LogP contribution is 2.22. The molecule has 1 N–H and O–H groups in total. The third kappa shape index (κ3) is 4.27. The number of rotatable bonds is 4. The van der Waals surface area contributed by atoms with Crippen molar-refractivity contribution in [3.8, 4) is 6.07 Å². The van der Waals surface area contributed by atoms with Crippen molar-refractivity contribution in [3.63, 3.8) is 0 Å². The molecular formula is C21H16ClN3O3. The third-order valence-corrected chi connectivity index (χ3v) is 4.33. The Bertz CT molecular complexity index is 1140. The summed E-state index contributed by atoms with van der Waals surface area (Å²) in [6, 6.07) is 13.7. The zero-order valence-electron chi connectivity index (χ0n) is 15.2. The van der Waals surface area contributed by atoms with E-state index in [1.807, 2.05) is 31.2 Å². The first-order chi connectivity index (χ1) is 13.4. The van der Waals surface area contributed by atoms with E-state index in [4.69, 9.17) is 21.6 Å². The number of hydrogen-bond acceptors (Lipinski definition) is 5. The van der Waals surface area contributed by atoms with Crippen molar-refractivity contribution < 1.29 is 14.3 Å². The molecule has 3 rings (SSSR count). The summed E-state index contributed by atoms with van der Waals surface area (Å²) in [4.78, 5) is 29.0. The summed E-state index contributed by atoms with van der Waals surface area (Å²) in [5.74, 6) is -1.12. The summed E-state index contributed by atoms with van der Waals surface area (Å²) in [5, 5.41) is 12.4. The summed E-state index contributed by atoms with van der Waals surface area (Å²) in [6.45, 7) is 3.26. The van der Waals surface area contributed by atoms with Crippen molar-refractivity contribution in [2.75, 3.05) is 11.9 Å². The van der Waals surface area contributed by atoms with Crippen LogP contribution in [-0.2, 0) is 9.53 Å². The fraction of sp³-hybridized carbons (Fsp3) is 0.143. The first-order valence-electron chi connectivity index (χ1n) is 8.42. The van der Waals surface area contributed by atoms with Gasteiger partial charge in [0.05, 0.1) is 21.7 Å². The van der Waals surface area contributed by atoms with Crippen molar-refractivity contribution >= 4 is 40.1 Å². The Hall–Kier alpha value is -3.43. The molecule has 7 heteroatoms. The lowest BCUT2D eigenvalue weighted by molar-refractivity contribution is -0.119. The molecule has 0 aliphatic carbocycles. The number of aryl methyl sites for hydroxylation is 2. The van der Waals surface area contributed by atoms with Gasteiger partial charge in [0.1, 0.15) is 6.07 Å². The summed E-state index contributed by atoms with van der Waals surface area (Å²) in [7, 11) is 0. The number of pyridine rings is 1. The van der Waals surface area contributed by atoms with E-state index in [-0.39, 0.29) is 5.02 Å². The van der Waals surface area contributed by atoms with Crippen molar-refractivity contribution in [3.05, 3.63) is 69.9 Å². The number of nitrogens with zero attached hydrogens (tertiary/aromatic N) is 2. The molecule has 0 fully saturated rings. The van der Waals surface area contributed by atoms with Crippen LogP contribution in [0.1, 0.15) is 27.2 Å². The van der Waals surface area contributed by atoms with E-state index in [0.29, 0.717) is 33.4 Å². The molecule has 0 unspecified atom stereocenters. The molecular weight excluding hydrogens is 378 g/mol. The van der Waals surface area contributed by atoms with E-state index in [1.165, 1.54) is 12.1 Å². The fourth-order valence-corrected chi connectivity index (χ4v) is 2.95. The number of carbonyl (C=O) groups is 2. The highest BCUT2D eigenvalue weighted by Gasteiger charge is 2.15. The number of esters is 1. The van der Waals surface area contributed by atoms with Gasteiger partial charge in [-0.3, -0.25) is 9.78 Å². The minimum absolute atomic E-state index is 0.228.